The Kier molecular flexibility index (Phi) is 69.8. The fourth-order valence-electron chi connectivity index (χ4n) is 14.9. The largest absolute Gasteiger partial charge is 0.394 e. The summed E-state index contributed by atoms with van der Waals surface area (Å²) >= 11 is 0. The number of hydrogen-bond acceptors (Lipinski definition) is 18. The Balaban J connectivity index is 1.33. The summed E-state index contributed by atoms with van der Waals surface area (Å²) in [7, 11) is 0. The van der Waals surface area contributed by atoms with Crippen LogP contribution in [0.1, 0.15) is 341 Å². The fourth-order valence-corrected chi connectivity index (χ4v) is 14.9. The zero-order valence-electron chi connectivity index (χ0n) is 73.3. The van der Waals surface area contributed by atoms with Gasteiger partial charge in [0, 0.05) is 6.42 Å². The summed E-state index contributed by atoms with van der Waals surface area (Å²) in [5.74, 6) is -0.293. The second kappa shape index (κ2) is 76.3. The lowest BCUT2D eigenvalue weighted by Gasteiger charge is -2.48. The summed E-state index contributed by atoms with van der Waals surface area (Å²) in [6.45, 7) is 1.62. The van der Waals surface area contributed by atoms with Crippen molar-refractivity contribution in [3.8, 4) is 0 Å². The molecule has 0 aromatic carbocycles. The van der Waals surface area contributed by atoms with Crippen LogP contribution < -0.4 is 5.32 Å². The number of hydrogen-bond donors (Lipinski definition) is 12. The van der Waals surface area contributed by atoms with Gasteiger partial charge < -0.3 is 89.9 Å². The maximum absolute atomic E-state index is 13.5. The van der Waals surface area contributed by atoms with Crippen molar-refractivity contribution in [1.82, 2.24) is 5.32 Å². The molecular weight excluding hydrogens is 1490 g/mol. The fraction of sp³-hybridized carbons (Fsp3) is 0.747. The van der Waals surface area contributed by atoms with Gasteiger partial charge in [0.05, 0.1) is 38.6 Å². The molecule has 3 saturated heterocycles. The minimum Gasteiger partial charge on any atom is -0.394 e. The van der Waals surface area contributed by atoms with Gasteiger partial charge >= 0.3 is 0 Å². The van der Waals surface area contributed by atoms with Gasteiger partial charge in [-0.1, -0.05) is 365 Å². The number of aliphatic hydroxyl groups is 11. The zero-order valence-corrected chi connectivity index (χ0v) is 73.3. The highest BCUT2D eigenvalue weighted by atomic mass is 16.8. The van der Waals surface area contributed by atoms with Crippen LogP contribution in [-0.4, -0.2) is 193 Å². The molecule has 678 valence electrons. The number of allylic oxidation sites excluding steroid dienone is 23. The van der Waals surface area contributed by atoms with Gasteiger partial charge in [0.2, 0.25) is 5.91 Å². The van der Waals surface area contributed by atoms with E-state index >= 15 is 0 Å². The summed E-state index contributed by atoms with van der Waals surface area (Å²) < 4.78 is 34.5. The van der Waals surface area contributed by atoms with Crippen molar-refractivity contribution in [2.24, 2.45) is 0 Å². The van der Waals surface area contributed by atoms with E-state index in [2.05, 4.69) is 153 Å². The molecule has 118 heavy (non-hydrogen) atoms. The minimum absolute atomic E-state index is 0.223. The van der Waals surface area contributed by atoms with Gasteiger partial charge in [-0.2, -0.15) is 0 Å². The Labute approximate surface area is 714 Å². The molecule has 17 unspecified atom stereocenters. The van der Waals surface area contributed by atoms with Crippen molar-refractivity contribution < 1.29 is 89.4 Å². The van der Waals surface area contributed by atoms with Crippen molar-refractivity contribution >= 4 is 5.91 Å². The van der Waals surface area contributed by atoms with Crippen molar-refractivity contribution in [2.75, 3.05) is 26.4 Å². The van der Waals surface area contributed by atoms with E-state index in [1.165, 1.54) is 193 Å². The van der Waals surface area contributed by atoms with Crippen LogP contribution in [0.3, 0.4) is 0 Å². The van der Waals surface area contributed by atoms with E-state index in [0.29, 0.717) is 12.8 Å². The average molecular weight is 1660 g/mol. The topological polar surface area (TPSA) is 307 Å². The van der Waals surface area contributed by atoms with E-state index in [0.717, 1.165) is 116 Å². The molecule has 17 atom stereocenters. The van der Waals surface area contributed by atoms with E-state index < -0.39 is 124 Å². The van der Waals surface area contributed by atoms with Crippen molar-refractivity contribution in [1.29, 1.82) is 0 Å². The lowest BCUT2D eigenvalue weighted by atomic mass is 9.96. The third kappa shape index (κ3) is 53.6. The van der Waals surface area contributed by atoms with Crippen LogP contribution in [0.2, 0.25) is 0 Å². The highest BCUT2D eigenvalue weighted by Crippen LogP contribution is 2.34. The molecule has 3 aliphatic heterocycles. The number of unbranched alkanes of at least 4 members (excludes halogenated alkanes) is 37. The second-order valence-corrected chi connectivity index (χ2v) is 32.7. The maximum Gasteiger partial charge on any atom is 0.220 e. The van der Waals surface area contributed by atoms with E-state index in [9.17, 15) is 61.0 Å². The van der Waals surface area contributed by atoms with Gasteiger partial charge in [0.1, 0.15) is 73.2 Å². The number of nitrogens with one attached hydrogen (secondary N) is 1. The molecule has 0 bridgehead atoms. The van der Waals surface area contributed by atoms with Gasteiger partial charge in [-0.3, -0.25) is 4.79 Å². The zero-order chi connectivity index (χ0) is 85.2. The number of carbonyl (C=O) groups is 1. The first kappa shape index (κ1) is 108. The Morgan fingerprint density at radius 1 is 0.314 bits per heavy atom. The lowest BCUT2D eigenvalue weighted by Crippen LogP contribution is -2.66. The van der Waals surface area contributed by atoms with E-state index in [-0.39, 0.29) is 18.9 Å². The van der Waals surface area contributed by atoms with Crippen molar-refractivity contribution in [2.45, 2.75) is 446 Å². The summed E-state index contributed by atoms with van der Waals surface area (Å²) in [5.41, 5.74) is 0. The smallest absolute Gasteiger partial charge is 0.220 e. The monoisotopic (exact) mass is 1660 g/mol. The molecule has 3 aliphatic rings. The summed E-state index contributed by atoms with van der Waals surface area (Å²) in [6.07, 6.45) is 85.7. The predicted octanol–water partition coefficient (Wildman–Crippen LogP) is 18.9. The van der Waals surface area contributed by atoms with Crippen molar-refractivity contribution in [3.05, 3.63) is 146 Å². The molecule has 12 N–H and O–H groups in total. The molecule has 0 aromatic rings. The van der Waals surface area contributed by atoms with Gasteiger partial charge in [-0.05, 0) is 116 Å². The number of ether oxygens (including phenoxy) is 6. The highest BCUT2D eigenvalue weighted by Gasteiger charge is 2.54. The average Bonchev–Trinajstić information content (AvgIpc) is 0.777. The molecule has 0 saturated carbocycles. The van der Waals surface area contributed by atoms with Gasteiger partial charge in [-0.15, -0.1) is 0 Å². The van der Waals surface area contributed by atoms with Crippen LogP contribution in [0, 0.1) is 0 Å². The van der Waals surface area contributed by atoms with Crippen LogP contribution in [0.5, 0.6) is 0 Å². The molecule has 1 amide bonds. The van der Waals surface area contributed by atoms with Gasteiger partial charge in [0.25, 0.3) is 0 Å². The van der Waals surface area contributed by atoms with Crippen LogP contribution in [-0.2, 0) is 33.2 Å². The van der Waals surface area contributed by atoms with Crippen LogP contribution in [0.15, 0.2) is 146 Å². The number of amides is 1. The number of aliphatic hydroxyl groups excluding tert-OH is 11. The van der Waals surface area contributed by atoms with Crippen LogP contribution >= 0.6 is 0 Å². The SMILES string of the molecule is CC/C=C\C/C=C\C/C=C\C/C=C\C/C=C\C/C=C\C/C=C\C/C=C\C/C=C\CCCCCCCCCCCCCCCC(=O)NC(COC1OC(CO)C(OC2OC(CO)C(OC3OC(CO)C(O)C(O)C3O)C(O)C2O)C(O)C1O)C(O)/C=C/CC/C=C/CC/C=C/CCCCCCCCCCCCCCCCCCCCCCCC. The third-order valence-corrected chi connectivity index (χ3v) is 22.3. The van der Waals surface area contributed by atoms with E-state index in [1.807, 2.05) is 6.08 Å². The predicted molar refractivity (Wildman–Crippen MR) is 479 cm³/mol. The Morgan fingerprint density at radius 3 is 0.949 bits per heavy atom. The number of rotatable bonds is 75. The molecule has 0 radical (unpaired) electrons. The standard InChI is InChI=1S/C99H169NO18/c1-3-5-7-9-11-13-15-17-19-21-23-25-27-29-31-33-35-37-38-39-40-41-42-43-44-45-47-49-51-53-55-57-59-61-63-65-67-69-71-73-75-77-87(105)100-82(83(104)76-74-72-70-68-66-64-62-60-58-56-54-52-50-48-46-36-34-32-30-28-26-24-22-20-18-16-14-12-10-8-6-4-2)81-113-97-93(111)90(108)95(85(79-102)115-97)118-99-94(112)91(109)96(86(80-103)116-99)117-98-92(110)89(107)88(106)84(78-101)114-98/h5,7,11,13,17,19,23,25,29,31,35,37,39-40,42-43,45,47,58,60,66,68,74,76,82-86,88-99,101-104,106-112H,3-4,6,8-10,12,14-16,18,20-22,24,26-28,30,32-34,36,38,41,44,46,48-57,59,61-65,67,69-73,75,77-81H2,1-2H3,(H,100,105)/b7-5-,13-11-,19-17-,25-23-,31-29-,37-35-,40-39-,43-42-,47-45-,60-58+,68-66+,76-74+. The molecule has 19 heteroatoms. The Morgan fingerprint density at radius 2 is 0.593 bits per heavy atom. The highest BCUT2D eigenvalue weighted by molar-refractivity contribution is 5.76. The molecule has 0 spiro atoms. The lowest BCUT2D eigenvalue weighted by molar-refractivity contribution is -0.379. The third-order valence-electron chi connectivity index (χ3n) is 22.3. The molecule has 0 aliphatic carbocycles. The Bertz CT molecular complexity index is 2700. The summed E-state index contributed by atoms with van der Waals surface area (Å²) in [6, 6.07) is -1.01. The van der Waals surface area contributed by atoms with Crippen LogP contribution in [0.25, 0.3) is 0 Å². The molecule has 3 fully saturated rings. The normalized spacial score (nSPS) is 25.0. The van der Waals surface area contributed by atoms with E-state index in [1.54, 1.807) is 6.08 Å². The molecule has 3 rings (SSSR count). The maximum atomic E-state index is 13.5. The molecule has 3 heterocycles. The first-order valence-corrected chi connectivity index (χ1v) is 47.1. The second-order valence-electron chi connectivity index (χ2n) is 32.7. The first-order valence-electron chi connectivity index (χ1n) is 47.1. The first-order chi connectivity index (χ1) is 57.8. The van der Waals surface area contributed by atoms with Crippen molar-refractivity contribution in [3.63, 3.8) is 0 Å². The van der Waals surface area contributed by atoms with Gasteiger partial charge in [0.15, 0.2) is 18.9 Å². The quantitative estimate of drug-likeness (QED) is 0.0199. The molecule has 0 aromatic heterocycles. The van der Waals surface area contributed by atoms with Crippen LogP contribution in [0.4, 0.5) is 0 Å². The van der Waals surface area contributed by atoms with Gasteiger partial charge in [-0.25, -0.2) is 0 Å². The van der Waals surface area contributed by atoms with E-state index in [4.69, 9.17) is 28.4 Å². The molecule has 19 nitrogen and oxygen atoms in total. The summed E-state index contributed by atoms with van der Waals surface area (Å²) in [5, 5.41) is 121. The summed E-state index contributed by atoms with van der Waals surface area (Å²) in [4.78, 5) is 13.5. The molecular formula is C99H169NO18. The number of carbonyl (C=O) groups excluding carboxylic acids is 1. The minimum atomic E-state index is -1.99. The Hall–Kier alpha value is -4.33.